The number of nitro groups is 1. The van der Waals surface area contributed by atoms with E-state index in [1.165, 1.54) is 36.0 Å². The van der Waals surface area contributed by atoms with E-state index in [1.807, 2.05) is 30.3 Å². The maximum atomic E-state index is 13.4. The smallest absolute Gasteiger partial charge is 0.269 e. The van der Waals surface area contributed by atoms with E-state index in [0.717, 1.165) is 11.1 Å². The Kier molecular flexibility index (Phi) is 8.71. The third kappa shape index (κ3) is 6.97. The summed E-state index contributed by atoms with van der Waals surface area (Å²) in [6.07, 6.45) is 0.411. The zero-order chi connectivity index (χ0) is 28.8. The predicted molar refractivity (Wildman–Crippen MR) is 156 cm³/mol. The van der Waals surface area contributed by atoms with Crippen molar-refractivity contribution in [1.29, 1.82) is 0 Å². The quantitative estimate of drug-likeness (QED) is 0.107. The van der Waals surface area contributed by atoms with Gasteiger partial charge in [0.1, 0.15) is 5.82 Å². The van der Waals surface area contributed by atoms with Crippen LogP contribution in [0.2, 0.25) is 5.02 Å². The van der Waals surface area contributed by atoms with Crippen LogP contribution in [0.25, 0.3) is 5.69 Å². The second-order valence-corrected chi connectivity index (χ2v) is 10.5. The lowest BCUT2D eigenvalue weighted by molar-refractivity contribution is -0.384. The molecule has 0 spiro atoms. The van der Waals surface area contributed by atoms with Crippen LogP contribution in [-0.4, -0.2) is 25.6 Å². The van der Waals surface area contributed by atoms with E-state index in [1.54, 1.807) is 53.1 Å². The molecule has 5 aromatic rings. The highest BCUT2D eigenvalue weighted by Gasteiger charge is 2.26. The van der Waals surface area contributed by atoms with Crippen LogP contribution in [0.4, 0.5) is 10.1 Å². The minimum atomic E-state index is -0.608. The third-order valence-corrected chi connectivity index (χ3v) is 7.52. The number of non-ortho nitro benzene ring substituents is 1. The SMILES string of the molecule is O=C(NC(Cc1ccccc1)c1nnc(SCc2ccc(F)cc2)n1-c1ccc([N+](=O)[O-])cc1)c1ccc(Cl)cc1. The van der Waals surface area contributed by atoms with E-state index in [-0.39, 0.29) is 17.4 Å². The molecule has 8 nitrogen and oxygen atoms in total. The van der Waals surface area contributed by atoms with E-state index in [4.69, 9.17) is 11.6 Å². The fourth-order valence-corrected chi connectivity index (χ4v) is 5.24. The standard InChI is InChI=1S/C30H23ClFN5O3S/c31-23-10-8-22(9-11-23)29(38)33-27(18-20-4-2-1-3-5-20)28-34-35-30(41-19-21-6-12-24(32)13-7-21)36(28)25-14-16-26(17-15-25)37(39)40/h1-17,27H,18-19H2,(H,33,38). The number of rotatable bonds is 10. The monoisotopic (exact) mass is 587 g/mol. The number of nitrogens with zero attached hydrogens (tertiary/aromatic N) is 4. The molecule has 1 atom stereocenters. The number of thioether (sulfide) groups is 1. The molecule has 5 rings (SSSR count). The van der Waals surface area contributed by atoms with Crippen LogP contribution in [0.3, 0.4) is 0 Å². The Morgan fingerprint density at radius 2 is 1.61 bits per heavy atom. The number of carbonyl (C=O) groups is 1. The molecule has 1 heterocycles. The molecule has 11 heteroatoms. The van der Waals surface area contributed by atoms with Crippen molar-refractivity contribution < 1.29 is 14.1 Å². The van der Waals surface area contributed by atoms with E-state index in [2.05, 4.69) is 15.5 Å². The van der Waals surface area contributed by atoms with Crippen LogP contribution in [0, 0.1) is 15.9 Å². The molecule has 41 heavy (non-hydrogen) atoms. The van der Waals surface area contributed by atoms with Gasteiger partial charge in [0.15, 0.2) is 11.0 Å². The molecule has 0 aliphatic carbocycles. The topological polar surface area (TPSA) is 103 Å². The molecule has 0 aliphatic rings. The van der Waals surface area contributed by atoms with Gasteiger partial charge in [-0.2, -0.15) is 0 Å². The summed E-state index contributed by atoms with van der Waals surface area (Å²) in [5.74, 6) is 0.287. The van der Waals surface area contributed by atoms with Crippen LogP contribution in [-0.2, 0) is 12.2 Å². The van der Waals surface area contributed by atoms with Crippen molar-refractivity contribution >= 4 is 35.0 Å². The van der Waals surface area contributed by atoms with Crippen molar-refractivity contribution in [2.24, 2.45) is 0 Å². The number of hydrogen-bond acceptors (Lipinski definition) is 6. The van der Waals surface area contributed by atoms with Crippen LogP contribution in [0.5, 0.6) is 0 Å². The van der Waals surface area contributed by atoms with Crippen molar-refractivity contribution in [2.45, 2.75) is 23.4 Å². The Labute approximate surface area is 244 Å². The molecular formula is C30H23ClFN5O3S. The molecule has 1 aromatic heterocycles. The van der Waals surface area contributed by atoms with Gasteiger partial charge >= 0.3 is 0 Å². The van der Waals surface area contributed by atoms with E-state index < -0.39 is 11.0 Å². The number of carbonyl (C=O) groups excluding carboxylic acids is 1. The van der Waals surface area contributed by atoms with Crippen molar-refractivity contribution in [1.82, 2.24) is 20.1 Å². The van der Waals surface area contributed by atoms with Crippen LogP contribution in [0.15, 0.2) is 108 Å². The first-order chi connectivity index (χ1) is 19.9. The lowest BCUT2D eigenvalue weighted by atomic mass is 10.0. The predicted octanol–water partition coefficient (Wildman–Crippen LogP) is 6.97. The first kappa shape index (κ1) is 28.0. The van der Waals surface area contributed by atoms with Crippen LogP contribution < -0.4 is 5.32 Å². The van der Waals surface area contributed by atoms with E-state index >= 15 is 0 Å². The number of nitro benzene ring substituents is 1. The van der Waals surface area contributed by atoms with Crippen molar-refractivity contribution in [2.75, 3.05) is 0 Å². The van der Waals surface area contributed by atoms with Gasteiger partial charge < -0.3 is 5.32 Å². The Balaban J connectivity index is 1.54. The third-order valence-electron chi connectivity index (χ3n) is 6.26. The van der Waals surface area contributed by atoms with Gasteiger partial charge in [-0.25, -0.2) is 4.39 Å². The molecule has 1 N–H and O–H groups in total. The number of nitrogens with one attached hydrogen (secondary N) is 1. The molecule has 4 aromatic carbocycles. The van der Waals surface area contributed by atoms with Crippen LogP contribution in [0.1, 0.15) is 33.4 Å². The molecule has 206 valence electrons. The summed E-state index contributed by atoms with van der Waals surface area (Å²) < 4.78 is 15.2. The fourth-order valence-electron chi connectivity index (χ4n) is 4.19. The van der Waals surface area contributed by atoms with Crippen LogP contribution >= 0.6 is 23.4 Å². The molecule has 0 bridgehead atoms. The molecule has 1 unspecified atom stereocenters. The highest BCUT2D eigenvalue weighted by molar-refractivity contribution is 7.98. The van der Waals surface area contributed by atoms with Gasteiger partial charge in [-0.15, -0.1) is 10.2 Å². The second-order valence-electron chi connectivity index (χ2n) is 9.09. The van der Waals surface area contributed by atoms with Gasteiger partial charge in [0, 0.05) is 34.2 Å². The summed E-state index contributed by atoms with van der Waals surface area (Å²) in [4.78, 5) is 24.1. The number of benzene rings is 4. The molecule has 0 aliphatic heterocycles. The Hall–Kier alpha value is -4.54. The zero-order valence-electron chi connectivity index (χ0n) is 21.5. The molecule has 0 saturated heterocycles. The minimum Gasteiger partial charge on any atom is -0.342 e. The normalized spacial score (nSPS) is 11.7. The summed E-state index contributed by atoms with van der Waals surface area (Å²) >= 11 is 7.39. The van der Waals surface area contributed by atoms with Gasteiger partial charge in [-0.1, -0.05) is 65.8 Å². The number of hydrogen-bond donors (Lipinski definition) is 1. The highest BCUT2D eigenvalue weighted by Crippen LogP contribution is 2.30. The van der Waals surface area contributed by atoms with Gasteiger partial charge in [0.2, 0.25) is 0 Å². The van der Waals surface area contributed by atoms with Gasteiger partial charge in [0.05, 0.1) is 11.0 Å². The summed E-state index contributed by atoms with van der Waals surface area (Å²) in [6.45, 7) is 0. The Bertz CT molecular complexity index is 1650. The fraction of sp³-hybridized carbons (Fsp3) is 0.100. The average Bonchev–Trinajstić information content (AvgIpc) is 3.41. The number of halogens is 2. The molecular weight excluding hydrogens is 565 g/mol. The minimum absolute atomic E-state index is 0.0548. The lowest BCUT2D eigenvalue weighted by Gasteiger charge is -2.20. The van der Waals surface area contributed by atoms with Gasteiger partial charge in [-0.05, 0) is 66.1 Å². The van der Waals surface area contributed by atoms with E-state index in [0.29, 0.717) is 39.4 Å². The average molecular weight is 588 g/mol. The first-order valence-electron chi connectivity index (χ1n) is 12.5. The maximum Gasteiger partial charge on any atom is 0.269 e. The number of amides is 1. The lowest BCUT2D eigenvalue weighted by Crippen LogP contribution is -2.32. The summed E-state index contributed by atoms with van der Waals surface area (Å²) in [5.41, 5.74) is 2.82. The highest BCUT2D eigenvalue weighted by atomic mass is 35.5. The summed E-state index contributed by atoms with van der Waals surface area (Å²) in [6, 6.07) is 27.9. The zero-order valence-corrected chi connectivity index (χ0v) is 23.1. The van der Waals surface area contributed by atoms with E-state index in [9.17, 15) is 19.3 Å². The van der Waals surface area contributed by atoms with Gasteiger partial charge in [-0.3, -0.25) is 19.5 Å². The molecule has 1 amide bonds. The molecule has 0 saturated carbocycles. The second kappa shape index (κ2) is 12.8. The van der Waals surface area contributed by atoms with Crippen molar-refractivity contribution in [3.05, 3.63) is 147 Å². The van der Waals surface area contributed by atoms with Crippen molar-refractivity contribution in [3.63, 3.8) is 0 Å². The molecule has 0 fully saturated rings. The van der Waals surface area contributed by atoms with Gasteiger partial charge in [0.25, 0.3) is 11.6 Å². The summed E-state index contributed by atoms with van der Waals surface area (Å²) in [7, 11) is 0. The maximum absolute atomic E-state index is 13.4. The van der Waals surface area contributed by atoms with Crippen molar-refractivity contribution in [3.8, 4) is 5.69 Å². The largest absolute Gasteiger partial charge is 0.342 e. The summed E-state index contributed by atoms with van der Waals surface area (Å²) in [5, 5.41) is 24.3. The molecule has 0 radical (unpaired) electrons. The Morgan fingerprint density at radius 1 is 0.927 bits per heavy atom. The Morgan fingerprint density at radius 3 is 2.27 bits per heavy atom. The first-order valence-corrected chi connectivity index (χ1v) is 13.9. The number of aromatic nitrogens is 3.